The summed E-state index contributed by atoms with van der Waals surface area (Å²) in [6, 6.07) is 8.44. The van der Waals surface area contributed by atoms with E-state index in [2.05, 4.69) is 54.6 Å². The maximum Gasteiger partial charge on any atom is 0.140 e. The molecule has 0 bridgehead atoms. The van der Waals surface area contributed by atoms with Crippen LogP contribution in [0.3, 0.4) is 0 Å². The highest BCUT2D eigenvalue weighted by molar-refractivity contribution is 5.56. The summed E-state index contributed by atoms with van der Waals surface area (Å²) >= 11 is 0. The SMILES string of the molecule is C[C](C)Cn1cc(CN)nc1-c1ccc(C)cc1. The number of nitrogens with zero attached hydrogens (tertiary/aromatic N) is 2. The van der Waals surface area contributed by atoms with Crippen LogP contribution in [0.25, 0.3) is 11.4 Å². The highest BCUT2D eigenvalue weighted by atomic mass is 15.1. The number of imidazole rings is 1. The van der Waals surface area contributed by atoms with Gasteiger partial charge in [-0.3, -0.25) is 0 Å². The number of nitrogens with two attached hydrogens (primary N) is 1. The van der Waals surface area contributed by atoms with Crippen molar-refractivity contribution in [3.63, 3.8) is 0 Å². The zero-order valence-corrected chi connectivity index (χ0v) is 11.3. The molecule has 0 saturated carbocycles. The normalized spacial score (nSPS) is 11.2. The predicted octanol–water partition coefficient (Wildman–Crippen LogP) is 2.93. The first-order valence-corrected chi connectivity index (χ1v) is 6.22. The summed E-state index contributed by atoms with van der Waals surface area (Å²) in [6.07, 6.45) is 2.04. The third-order valence-electron chi connectivity index (χ3n) is 2.83. The molecule has 0 fully saturated rings. The summed E-state index contributed by atoms with van der Waals surface area (Å²) in [5.41, 5.74) is 9.02. The smallest absolute Gasteiger partial charge is 0.140 e. The Bertz CT molecular complexity index is 509. The zero-order chi connectivity index (χ0) is 13.1. The van der Waals surface area contributed by atoms with Crippen LogP contribution >= 0.6 is 0 Å². The van der Waals surface area contributed by atoms with Crippen LogP contribution in [-0.2, 0) is 13.1 Å². The van der Waals surface area contributed by atoms with Gasteiger partial charge >= 0.3 is 0 Å². The van der Waals surface area contributed by atoms with Gasteiger partial charge < -0.3 is 10.3 Å². The highest BCUT2D eigenvalue weighted by Crippen LogP contribution is 2.21. The molecule has 2 rings (SSSR count). The first-order valence-electron chi connectivity index (χ1n) is 6.22. The molecule has 2 aromatic rings. The van der Waals surface area contributed by atoms with E-state index in [0.717, 1.165) is 23.6 Å². The van der Waals surface area contributed by atoms with Gasteiger partial charge in [-0.05, 0) is 12.8 Å². The molecule has 3 nitrogen and oxygen atoms in total. The van der Waals surface area contributed by atoms with Crippen molar-refractivity contribution in [2.45, 2.75) is 33.9 Å². The van der Waals surface area contributed by atoms with Gasteiger partial charge in [0.2, 0.25) is 0 Å². The van der Waals surface area contributed by atoms with Crippen molar-refractivity contribution in [2.75, 3.05) is 0 Å². The molecule has 0 amide bonds. The van der Waals surface area contributed by atoms with Crippen LogP contribution in [0.4, 0.5) is 0 Å². The van der Waals surface area contributed by atoms with Crippen LogP contribution in [0.15, 0.2) is 30.5 Å². The lowest BCUT2D eigenvalue weighted by Gasteiger charge is -2.10. The first-order chi connectivity index (χ1) is 8.60. The Labute approximate surface area is 109 Å². The molecule has 0 spiro atoms. The van der Waals surface area contributed by atoms with Crippen molar-refractivity contribution in [1.82, 2.24) is 9.55 Å². The van der Waals surface area contributed by atoms with E-state index in [1.165, 1.54) is 11.5 Å². The number of rotatable bonds is 4. The molecule has 0 atom stereocenters. The highest BCUT2D eigenvalue weighted by Gasteiger charge is 2.10. The van der Waals surface area contributed by atoms with E-state index >= 15 is 0 Å². The summed E-state index contributed by atoms with van der Waals surface area (Å²) in [5, 5.41) is 0. The lowest BCUT2D eigenvalue weighted by atomic mass is 10.1. The van der Waals surface area contributed by atoms with E-state index in [-0.39, 0.29) is 0 Å². The molecule has 0 aliphatic carbocycles. The van der Waals surface area contributed by atoms with E-state index in [1.807, 2.05) is 6.20 Å². The minimum absolute atomic E-state index is 0.481. The lowest BCUT2D eigenvalue weighted by molar-refractivity contribution is 0.717. The molecule has 1 heterocycles. The van der Waals surface area contributed by atoms with E-state index in [1.54, 1.807) is 0 Å². The molecule has 18 heavy (non-hydrogen) atoms. The van der Waals surface area contributed by atoms with Gasteiger partial charge in [-0.2, -0.15) is 0 Å². The average Bonchev–Trinajstić information content (AvgIpc) is 2.72. The van der Waals surface area contributed by atoms with Crippen LogP contribution in [0.2, 0.25) is 0 Å². The van der Waals surface area contributed by atoms with E-state index < -0.39 is 0 Å². The second kappa shape index (κ2) is 5.36. The van der Waals surface area contributed by atoms with Crippen molar-refractivity contribution in [3.05, 3.63) is 47.6 Å². The maximum atomic E-state index is 5.68. The minimum atomic E-state index is 0.481. The largest absolute Gasteiger partial charge is 0.330 e. The number of hydrogen-bond acceptors (Lipinski definition) is 2. The van der Waals surface area contributed by atoms with Gasteiger partial charge in [0, 0.05) is 24.8 Å². The second-order valence-corrected chi connectivity index (χ2v) is 4.96. The van der Waals surface area contributed by atoms with Gasteiger partial charge in [0.25, 0.3) is 0 Å². The Morgan fingerprint density at radius 3 is 2.44 bits per heavy atom. The van der Waals surface area contributed by atoms with Crippen LogP contribution in [0, 0.1) is 12.8 Å². The molecule has 95 valence electrons. The number of aromatic nitrogens is 2. The van der Waals surface area contributed by atoms with Crippen LogP contribution in [-0.4, -0.2) is 9.55 Å². The van der Waals surface area contributed by atoms with Crippen molar-refractivity contribution < 1.29 is 0 Å². The number of benzene rings is 1. The van der Waals surface area contributed by atoms with E-state index in [0.29, 0.717) is 6.54 Å². The molecule has 0 aliphatic rings. The average molecular weight is 242 g/mol. The monoisotopic (exact) mass is 242 g/mol. The Balaban J connectivity index is 2.41. The van der Waals surface area contributed by atoms with Crippen molar-refractivity contribution in [3.8, 4) is 11.4 Å². The summed E-state index contributed by atoms with van der Waals surface area (Å²) in [5.74, 6) is 2.35. The fraction of sp³-hybridized carbons (Fsp3) is 0.333. The molecular weight excluding hydrogens is 222 g/mol. The lowest BCUT2D eigenvalue weighted by Crippen LogP contribution is -2.03. The van der Waals surface area contributed by atoms with Gasteiger partial charge in [0.1, 0.15) is 5.82 Å². The topological polar surface area (TPSA) is 43.8 Å². The van der Waals surface area contributed by atoms with E-state index in [9.17, 15) is 0 Å². The maximum absolute atomic E-state index is 5.68. The molecular formula is C15H20N3. The molecule has 1 aromatic carbocycles. The fourth-order valence-electron chi connectivity index (χ4n) is 1.96. The fourth-order valence-corrected chi connectivity index (χ4v) is 1.96. The Kier molecular flexibility index (Phi) is 3.82. The second-order valence-electron chi connectivity index (χ2n) is 4.96. The molecule has 1 radical (unpaired) electrons. The van der Waals surface area contributed by atoms with Gasteiger partial charge in [0.15, 0.2) is 0 Å². The van der Waals surface area contributed by atoms with Crippen molar-refractivity contribution in [2.24, 2.45) is 5.73 Å². The molecule has 0 unspecified atom stereocenters. The van der Waals surface area contributed by atoms with Crippen LogP contribution in [0.5, 0.6) is 0 Å². The van der Waals surface area contributed by atoms with Crippen molar-refractivity contribution >= 4 is 0 Å². The van der Waals surface area contributed by atoms with Gasteiger partial charge in [-0.1, -0.05) is 43.7 Å². The third kappa shape index (κ3) is 2.79. The summed E-state index contributed by atoms with van der Waals surface area (Å²) in [7, 11) is 0. The molecule has 1 aromatic heterocycles. The Hall–Kier alpha value is -1.61. The summed E-state index contributed by atoms with van der Waals surface area (Å²) in [6.45, 7) is 7.71. The third-order valence-corrected chi connectivity index (χ3v) is 2.83. The number of aryl methyl sites for hydroxylation is 1. The summed E-state index contributed by atoms with van der Waals surface area (Å²) in [4.78, 5) is 4.61. The Morgan fingerprint density at radius 2 is 1.89 bits per heavy atom. The van der Waals surface area contributed by atoms with Crippen LogP contribution in [0.1, 0.15) is 25.1 Å². The molecule has 0 saturated heterocycles. The van der Waals surface area contributed by atoms with Gasteiger partial charge in [-0.15, -0.1) is 0 Å². The van der Waals surface area contributed by atoms with Gasteiger partial charge in [-0.25, -0.2) is 4.98 Å². The standard InChI is InChI=1S/C15H20N3/c1-11(2)9-18-10-14(8-16)17-15(18)13-6-4-12(3)5-7-13/h4-7,10H,8-9,16H2,1-3H3. The predicted molar refractivity (Wildman–Crippen MR) is 74.9 cm³/mol. The van der Waals surface area contributed by atoms with Crippen molar-refractivity contribution in [1.29, 1.82) is 0 Å². The van der Waals surface area contributed by atoms with Gasteiger partial charge in [0.05, 0.1) is 5.69 Å². The quantitative estimate of drug-likeness (QED) is 0.895. The van der Waals surface area contributed by atoms with E-state index in [4.69, 9.17) is 5.73 Å². The summed E-state index contributed by atoms with van der Waals surface area (Å²) < 4.78 is 2.17. The number of hydrogen-bond donors (Lipinski definition) is 1. The zero-order valence-electron chi connectivity index (χ0n) is 11.3. The van der Waals surface area contributed by atoms with Crippen LogP contribution < -0.4 is 5.73 Å². The molecule has 3 heteroatoms. The first kappa shape index (κ1) is 12.8. The Morgan fingerprint density at radius 1 is 1.22 bits per heavy atom. The molecule has 0 aliphatic heterocycles. The molecule has 2 N–H and O–H groups in total. The minimum Gasteiger partial charge on any atom is -0.330 e.